The highest BCUT2D eigenvalue weighted by atomic mass is 14.5. The van der Waals surface area contributed by atoms with Gasteiger partial charge >= 0.3 is 0 Å². The summed E-state index contributed by atoms with van der Waals surface area (Å²) in [6.45, 7) is 4.61. The van der Waals surface area contributed by atoms with E-state index < -0.39 is 0 Å². The van der Waals surface area contributed by atoms with Crippen LogP contribution in [0, 0.1) is 30.1 Å². The Kier molecular flexibility index (Phi) is 4.51. The quantitative estimate of drug-likeness (QED) is 0.585. The van der Waals surface area contributed by atoms with E-state index >= 15 is 0 Å². The van der Waals surface area contributed by atoms with Gasteiger partial charge in [0.1, 0.15) is 0 Å². The van der Waals surface area contributed by atoms with Crippen LogP contribution in [0.1, 0.15) is 54.9 Å². The Morgan fingerprint density at radius 2 is 1.70 bits per heavy atom. The second kappa shape index (κ2) is 6.98. The summed E-state index contributed by atoms with van der Waals surface area (Å²) < 4.78 is 0. The standard InChI is InChI=1S/C27H24/c1-4-20-14-16-23-24-17-15-22(13-12-21-10-8-7-9-11-21)19-26(24)27(5-2,6-3)25(23)18-20/h1,7-11,14-19,23,25H,5-6H2,2-3H3. The summed E-state index contributed by atoms with van der Waals surface area (Å²) in [5.41, 5.74) is 6.19. The molecule has 0 heteroatoms. The lowest BCUT2D eigenvalue weighted by Crippen LogP contribution is -2.31. The van der Waals surface area contributed by atoms with E-state index in [0.29, 0.717) is 11.8 Å². The normalized spacial score (nSPS) is 21.3. The molecule has 4 rings (SSSR count). The summed E-state index contributed by atoms with van der Waals surface area (Å²) in [5, 5.41) is 0. The lowest BCUT2D eigenvalue weighted by atomic mass is 9.67. The Morgan fingerprint density at radius 1 is 0.963 bits per heavy atom. The molecule has 27 heavy (non-hydrogen) atoms. The molecular weight excluding hydrogens is 324 g/mol. The van der Waals surface area contributed by atoms with Gasteiger partial charge in [-0.25, -0.2) is 0 Å². The number of benzene rings is 2. The zero-order chi connectivity index (χ0) is 18.9. The molecule has 0 bridgehead atoms. The zero-order valence-corrected chi connectivity index (χ0v) is 16.0. The summed E-state index contributed by atoms with van der Waals surface area (Å²) in [7, 11) is 0. The van der Waals surface area contributed by atoms with Crippen molar-refractivity contribution in [2.24, 2.45) is 5.92 Å². The van der Waals surface area contributed by atoms with Crippen molar-refractivity contribution >= 4 is 0 Å². The van der Waals surface area contributed by atoms with E-state index in [2.05, 4.69) is 68.0 Å². The van der Waals surface area contributed by atoms with E-state index in [0.717, 1.165) is 29.5 Å². The maximum Gasteiger partial charge on any atom is 0.0252 e. The Hall–Kier alpha value is -2.96. The maximum absolute atomic E-state index is 5.69. The molecule has 2 aliphatic carbocycles. The Balaban J connectivity index is 1.80. The molecule has 2 aliphatic rings. The van der Waals surface area contributed by atoms with Gasteiger partial charge in [0.15, 0.2) is 0 Å². The second-order valence-corrected chi connectivity index (χ2v) is 7.46. The summed E-state index contributed by atoms with van der Waals surface area (Å²) in [5.74, 6) is 10.4. The number of terminal acetylenes is 1. The predicted molar refractivity (Wildman–Crippen MR) is 113 cm³/mol. The molecule has 0 aromatic heterocycles. The molecule has 0 fully saturated rings. The van der Waals surface area contributed by atoms with Crippen molar-refractivity contribution in [1.82, 2.24) is 0 Å². The fraction of sp³-hybridized carbons (Fsp3) is 0.259. The predicted octanol–water partition coefficient (Wildman–Crippen LogP) is 5.99. The van der Waals surface area contributed by atoms with Crippen LogP contribution in [-0.2, 0) is 5.41 Å². The highest BCUT2D eigenvalue weighted by Crippen LogP contribution is 2.56. The second-order valence-electron chi connectivity index (χ2n) is 7.46. The summed E-state index contributed by atoms with van der Waals surface area (Å²) in [6, 6.07) is 17.0. The minimum Gasteiger partial charge on any atom is -0.115 e. The van der Waals surface area contributed by atoms with Crippen LogP contribution in [0.4, 0.5) is 0 Å². The van der Waals surface area contributed by atoms with Crippen molar-refractivity contribution in [1.29, 1.82) is 0 Å². The molecule has 0 saturated heterocycles. The third kappa shape index (κ3) is 2.83. The van der Waals surface area contributed by atoms with Crippen molar-refractivity contribution in [3.8, 4) is 24.2 Å². The average Bonchev–Trinajstić information content (AvgIpc) is 3.01. The van der Waals surface area contributed by atoms with Gasteiger partial charge < -0.3 is 0 Å². The number of rotatable bonds is 2. The molecule has 0 nitrogen and oxygen atoms in total. The van der Waals surface area contributed by atoms with Crippen molar-refractivity contribution < 1.29 is 0 Å². The van der Waals surface area contributed by atoms with Gasteiger partial charge in [-0.2, -0.15) is 0 Å². The first-order valence-electron chi connectivity index (χ1n) is 9.80. The summed E-state index contributed by atoms with van der Waals surface area (Å²) in [4.78, 5) is 0. The first-order chi connectivity index (χ1) is 13.2. The zero-order valence-electron chi connectivity index (χ0n) is 16.0. The molecule has 2 unspecified atom stereocenters. The largest absolute Gasteiger partial charge is 0.115 e. The van der Waals surface area contributed by atoms with Crippen LogP contribution in [0.2, 0.25) is 0 Å². The minimum atomic E-state index is 0.136. The molecule has 2 aromatic rings. The molecule has 0 amide bonds. The van der Waals surface area contributed by atoms with Crippen LogP contribution in [0.25, 0.3) is 0 Å². The molecule has 0 aliphatic heterocycles. The average molecular weight is 348 g/mol. The molecule has 132 valence electrons. The third-order valence-corrected chi connectivity index (χ3v) is 6.37. The molecule has 2 atom stereocenters. The molecule has 2 aromatic carbocycles. The van der Waals surface area contributed by atoms with E-state index in [9.17, 15) is 0 Å². The van der Waals surface area contributed by atoms with Gasteiger partial charge in [-0.05, 0) is 54.2 Å². The number of hydrogen-bond acceptors (Lipinski definition) is 0. The third-order valence-electron chi connectivity index (χ3n) is 6.37. The number of allylic oxidation sites excluding steroid dienone is 4. The lowest BCUT2D eigenvalue weighted by Gasteiger charge is -2.36. The van der Waals surface area contributed by atoms with E-state index in [-0.39, 0.29) is 5.41 Å². The lowest BCUT2D eigenvalue weighted by molar-refractivity contribution is 0.304. The molecule has 0 spiro atoms. The first kappa shape index (κ1) is 17.5. The van der Waals surface area contributed by atoms with Crippen molar-refractivity contribution in [2.45, 2.75) is 38.0 Å². The van der Waals surface area contributed by atoms with Gasteiger partial charge in [0.05, 0.1) is 0 Å². The van der Waals surface area contributed by atoms with Gasteiger partial charge in [0, 0.05) is 28.0 Å². The van der Waals surface area contributed by atoms with E-state index in [1.807, 2.05) is 30.3 Å². The van der Waals surface area contributed by atoms with Gasteiger partial charge in [-0.15, -0.1) is 6.42 Å². The monoisotopic (exact) mass is 348 g/mol. The summed E-state index contributed by atoms with van der Waals surface area (Å²) >= 11 is 0. The van der Waals surface area contributed by atoms with Crippen molar-refractivity contribution in [3.05, 3.63) is 94.6 Å². The van der Waals surface area contributed by atoms with Crippen LogP contribution in [0.5, 0.6) is 0 Å². The number of fused-ring (bicyclic) bond motifs is 3. The maximum atomic E-state index is 5.69. The minimum absolute atomic E-state index is 0.136. The SMILES string of the molecule is C#CC1=CC2C(C=C1)c1ccc(C#Cc3ccccc3)cc1C2(CC)CC. The number of hydrogen-bond donors (Lipinski definition) is 0. The van der Waals surface area contributed by atoms with Crippen LogP contribution in [0.15, 0.2) is 72.3 Å². The first-order valence-corrected chi connectivity index (χ1v) is 9.80. The van der Waals surface area contributed by atoms with Gasteiger partial charge in [0.2, 0.25) is 0 Å². The van der Waals surface area contributed by atoms with E-state index in [1.54, 1.807) is 0 Å². The van der Waals surface area contributed by atoms with Gasteiger partial charge in [-0.3, -0.25) is 0 Å². The Morgan fingerprint density at radius 3 is 2.41 bits per heavy atom. The molecule has 0 radical (unpaired) electrons. The summed E-state index contributed by atoms with van der Waals surface area (Å²) in [6.07, 6.45) is 14.6. The van der Waals surface area contributed by atoms with Crippen molar-refractivity contribution in [3.63, 3.8) is 0 Å². The highest BCUT2D eigenvalue weighted by molar-refractivity contribution is 5.56. The Bertz CT molecular complexity index is 1010. The van der Waals surface area contributed by atoms with Crippen molar-refractivity contribution in [2.75, 3.05) is 0 Å². The molecule has 0 heterocycles. The van der Waals surface area contributed by atoms with Crippen LogP contribution in [0.3, 0.4) is 0 Å². The van der Waals surface area contributed by atoms with Crippen LogP contribution >= 0.6 is 0 Å². The highest BCUT2D eigenvalue weighted by Gasteiger charge is 2.48. The molecule has 0 saturated carbocycles. The fourth-order valence-corrected chi connectivity index (χ4v) is 4.88. The van der Waals surface area contributed by atoms with Crippen LogP contribution in [-0.4, -0.2) is 0 Å². The van der Waals surface area contributed by atoms with E-state index in [4.69, 9.17) is 6.42 Å². The molecule has 0 N–H and O–H groups in total. The smallest absolute Gasteiger partial charge is 0.0252 e. The van der Waals surface area contributed by atoms with Gasteiger partial charge in [0.25, 0.3) is 0 Å². The molecular formula is C27H24. The van der Waals surface area contributed by atoms with E-state index in [1.165, 1.54) is 11.1 Å². The van der Waals surface area contributed by atoms with Crippen LogP contribution < -0.4 is 0 Å². The topological polar surface area (TPSA) is 0 Å². The fourth-order valence-electron chi connectivity index (χ4n) is 4.88. The van der Waals surface area contributed by atoms with Gasteiger partial charge in [-0.1, -0.05) is 74.1 Å². The Labute approximate surface area is 163 Å².